The molecule has 0 radical (unpaired) electrons. The van der Waals surface area contributed by atoms with E-state index >= 15 is 0 Å². The lowest BCUT2D eigenvalue weighted by Crippen LogP contribution is -2.13. The van der Waals surface area contributed by atoms with Gasteiger partial charge in [0.25, 0.3) is 0 Å². The Kier molecular flexibility index (Phi) is 5.66. The van der Waals surface area contributed by atoms with E-state index in [1.165, 1.54) is 11.1 Å². The van der Waals surface area contributed by atoms with E-state index in [2.05, 4.69) is 60.5 Å². The maximum absolute atomic E-state index is 6.44. The first-order valence-electron chi connectivity index (χ1n) is 7.47. The van der Waals surface area contributed by atoms with Crippen LogP contribution < -0.4 is 10.2 Å². The van der Waals surface area contributed by atoms with Crippen LogP contribution in [0.5, 0.6) is 0 Å². The van der Waals surface area contributed by atoms with Gasteiger partial charge in [0, 0.05) is 19.3 Å². The number of anilines is 2. The molecule has 2 aromatic carbocycles. The average Bonchev–Trinajstić information content (AvgIpc) is 2.52. The van der Waals surface area contributed by atoms with Crippen molar-refractivity contribution in [3.05, 3.63) is 58.6 Å². The third-order valence-electron chi connectivity index (χ3n) is 3.68. The summed E-state index contributed by atoms with van der Waals surface area (Å²) in [6.45, 7) is 6.08. The molecule has 0 aromatic heterocycles. The smallest absolute Gasteiger partial charge is 0.0646 e. The fourth-order valence-corrected chi connectivity index (χ4v) is 2.63. The van der Waals surface area contributed by atoms with Crippen molar-refractivity contribution in [3.8, 4) is 0 Å². The molecule has 0 saturated carbocycles. The summed E-state index contributed by atoms with van der Waals surface area (Å²) in [5.74, 6) is 0. The van der Waals surface area contributed by atoms with E-state index in [0.29, 0.717) is 0 Å². The van der Waals surface area contributed by atoms with Gasteiger partial charge in [-0.3, -0.25) is 0 Å². The Morgan fingerprint density at radius 1 is 1.00 bits per heavy atom. The first-order valence-corrected chi connectivity index (χ1v) is 7.85. The molecular formula is C18H23ClN2. The van der Waals surface area contributed by atoms with Crippen LogP contribution in [-0.2, 0) is 13.0 Å². The fourth-order valence-electron chi connectivity index (χ4n) is 2.30. The number of hydrogen-bond acceptors (Lipinski definition) is 2. The Hall–Kier alpha value is -1.51. The van der Waals surface area contributed by atoms with Gasteiger partial charge in [0.05, 0.1) is 10.7 Å². The molecular weight excluding hydrogens is 280 g/mol. The van der Waals surface area contributed by atoms with E-state index in [1.54, 1.807) is 0 Å². The van der Waals surface area contributed by atoms with Gasteiger partial charge in [-0.25, -0.2) is 0 Å². The zero-order valence-corrected chi connectivity index (χ0v) is 13.7. The first kappa shape index (κ1) is 15.9. The number of halogens is 1. The van der Waals surface area contributed by atoms with Crippen LogP contribution in [-0.4, -0.2) is 13.6 Å². The molecule has 2 nitrogen and oxygen atoms in total. The predicted molar refractivity (Wildman–Crippen MR) is 92.7 cm³/mol. The molecule has 0 atom stereocenters. The minimum absolute atomic E-state index is 0.785. The fraction of sp³-hybridized carbons (Fsp3) is 0.333. The molecule has 0 aliphatic carbocycles. The van der Waals surface area contributed by atoms with Gasteiger partial charge in [-0.2, -0.15) is 0 Å². The SMILES string of the molecule is CCNCc1ccc(N(C)c2ccc(CC)cc2)c(Cl)c1. The second kappa shape index (κ2) is 7.48. The van der Waals surface area contributed by atoms with Gasteiger partial charge in [0.2, 0.25) is 0 Å². The van der Waals surface area contributed by atoms with Crippen LogP contribution >= 0.6 is 11.6 Å². The Bertz CT molecular complexity index is 578. The Morgan fingerprint density at radius 2 is 1.67 bits per heavy atom. The van der Waals surface area contributed by atoms with E-state index in [1.807, 2.05) is 13.1 Å². The molecule has 1 N–H and O–H groups in total. The molecule has 0 spiro atoms. The molecule has 0 saturated heterocycles. The average molecular weight is 303 g/mol. The van der Waals surface area contributed by atoms with E-state index in [9.17, 15) is 0 Å². The third-order valence-corrected chi connectivity index (χ3v) is 3.99. The minimum Gasteiger partial charge on any atom is -0.343 e. The molecule has 2 aromatic rings. The van der Waals surface area contributed by atoms with Gasteiger partial charge >= 0.3 is 0 Å². The monoisotopic (exact) mass is 302 g/mol. The first-order chi connectivity index (χ1) is 10.2. The van der Waals surface area contributed by atoms with Crippen LogP contribution in [0.1, 0.15) is 25.0 Å². The van der Waals surface area contributed by atoms with Gasteiger partial charge in [-0.1, -0.05) is 43.6 Å². The van der Waals surface area contributed by atoms with Crippen LogP contribution in [0, 0.1) is 0 Å². The highest BCUT2D eigenvalue weighted by atomic mass is 35.5. The summed E-state index contributed by atoms with van der Waals surface area (Å²) in [5, 5.41) is 4.10. The molecule has 2 rings (SSSR count). The summed E-state index contributed by atoms with van der Waals surface area (Å²) in [7, 11) is 2.05. The van der Waals surface area contributed by atoms with E-state index < -0.39 is 0 Å². The van der Waals surface area contributed by atoms with Gasteiger partial charge in [0.15, 0.2) is 0 Å². The summed E-state index contributed by atoms with van der Waals surface area (Å²) in [6.07, 6.45) is 1.06. The van der Waals surface area contributed by atoms with Crippen LogP contribution in [0.25, 0.3) is 0 Å². The summed E-state index contributed by atoms with van der Waals surface area (Å²) in [5.41, 5.74) is 4.73. The van der Waals surface area contributed by atoms with Crippen LogP contribution in [0.2, 0.25) is 5.02 Å². The normalized spacial score (nSPS) is 10.7. The maximum atomic E-state index is 6.44. The van der Waals surface area contributed by atoms with E-state index in [0.717, 1.165) is 35.9 Å². The Balaban J connectivity index is 2.19. The number of nitrogens with zero attached hydrogens (tertiary/aromatic N) is 1. The molecule has 3 heteroatoms. The molecule has 0 unspecified atom stereocenters. The molecule has 0 aliphatic rings. The van der Waals surface area contributed by atoms with Crippen molar-refractivity contribution in [3.63, 3.8) is 0 Å². The number of aryl methyl sites for hydroxylation is 1. The molecule has 21 heavy (non-hydrogen) atoms. The summed E-state index contributed by atoms with van der Waals surface area (Å²) in [4.78, 5) is 2.12. The van der Waals surface area contributed by atoms with Crippen molar-refractivity contribution in [2.24, 2.45) is 0 Å². The van der Waals surface area contributed by atoms with Crippen molar-refractivity contribution in [1.82, 2.24) is 5.32 Å². The largest absolute Gasteiger partial charge is 0.343 e. The number of hydrogen-bond donors (Lipinski definition) is 1. The summed E-state index contributed by atoms with van der Waals surface area (Å²) >= 11 is 6.44. The number of nitrogens with one attached hydrogen (secondary N) is 1. The highest BCUT2D eigenvalue weighted by Gasteiger charge is 2.09. The summed E-state index contributed by atoms with van der Waals surface area (Å²) in [6, 6.07) is 14.9. The lowest BCUT2D eigenvalue weighted by Gasteiger charge is -2.21. The van der Waals surface area contributed by atoms with Crippen LogP contribution in [0.3, 0.4) is 0 Å². The van der Waals surface area contributed by atoms with Crippen molar-refractivity contribution >= 4 is 23.0 Å². The lowest BCUT2D eigenvalue weighted by molar-refractivity contribution is 0.727. The van der Waals surface area contributed by atoms with Gasteiger partial charge in [-0.05, 0) is 48.4 Å². The lowest BCUT2D eigenvalue weighted by atomic mass is 10.1. The second-order valence-corrected chi connectivity index (χ2v) is 5.55. The molecule has 0 bridgehead atoms. The highest BCUT2D eigenvalue weighted by molar-refractivity contribution is 6.33. The van der Waals surface area contributed by atoms with Crippen LogP contribution in [0.15, 0.2) is 42.5 Å². The zero-order chi connectivity index (χ0) is 15.2. The van der Waals surface area contributed by atoms with Crippen molar-refractivity contribution in [1.29, 1.82) is 0 Å². The molecule has 0 fully saturated rings. The summed E-state index contributed by atoms with van der Waals surface area (Å²) < 4.78 is 0. The van der Waals surface area contributed by atoms with Crippen LogP contribution in [0.4, 0.5) is 11.4 Å². The number of benzene rings is 2. The van der Waals surface area contributed by atoms with Gasteiger partial charge in [0.1, 0.15) is 0 Å². The van der Waals surface area contributed by atoms with E-state index in [4.69, 9.17) is 11.6 Å². The molecule has 0 aliphatic heterocycles. The zero-order valence-electron chi connectivity index (χ0n) is 13.0. The molecule has 112 valence electrons. The Labute approximate surface area is 132 Å². The quantitative estimate of drug-likeness (QED) is 0.826. The van der Waals surface area contributed by atoms with Gasteiger partial charge in [-0.15, -0.1) is 0 Å². The topological polar surface area (TPSA) is 15.3 Å². The van der Waals surface area contributed by atoms with Crippen molar-refractivity contribution in [2.45, 2.75) is 26.8 Å². The van der Waals surface area contributed by atoms with Crippen molar-refractivity contribution in [2.75, 3.05) is 18.5 Å². The minimum atomic E-state index is 0.785. The second-order valence-electron chi connectivity index (χ2n) is 5.15. The maximum Gasteiger partial charge on any atom is 0.0646 e. The highest BCUT2D eigenvalue weighted by Crippen LogP contribution is 2.31. The predicted octanol–water partition coefficient (Wildman–Crippen LogP) is 4.78. The van der Waals surface area contributed by atoms with E-state index in [-0.39, 0.29) is 0 Å². The molecule has 0 heterocycles. The standard InChI is InChI=1S/C18H23ClN2/c1-4-14-6-9-16(10-7-14)21(3)18-11-8-15(12-17(18)19)13-20-5-2/h6-12,20H,4-5,13H2,1-3H3. The van der Waals surface area contributed by atoms with Gasteiger partial charge < -0.3 is 10.2 Å². The third kappa shape index (κ3) is 3.99. The van der Waals surface area contributed by atoms with Crippen molar-refractivity contribution < 1.29 is 0 Å². The Morgan fingerprint density at radius 3 is 2.24 bits per heavy atom. The number of rotatable bonds is 6. The molecule has 0 amide bonds.